The van der Waals surface area contributed by atoms with Crippen molar-refractivity contribution in [3.05, 3.63) is 50.9 Å². The van der Waals surface area contributed by atoms with Gasteiger partial charge in [0.1, 0.15) is 0 Å². The van der Waals surface area contributed by atoms with E-state index in [9.17, 15) is 27.9 Å². The summed E-state index contributed by atoms with van der Waals surface area (Å²) in [6.07, 6.45) is 2.88. The van der Waals surface area contributed by atoms with Crippen molar-refractivity contribution in [1.29, 1.82) is 0 Å². The third-order valence-corrected chi connectivity index (χ3v) is 6.11. The quantitative estimate of drug-likeness (QED) is 0.631. The zero-order valence-electron chi connectivity index (χ0n) is 17.6. The number of halogens is 3. The van der Waals surface area contributed by atoms with Crippen LogP contribution < -0.4 is 11.2 Å². The minimum absolute atomic E-state index is 0.104. The van der Waals surface area contributed by atoms with Gasteiger partial charge in [0.05, 0.1) is 36.7 Å². The average Bonchev–Trinajstić information content (AvgIpc) is 3.39. The monoisotopic (exact) mass is 452 g/mol. The second-order valence-corrected chi connectivity index (χ2v) is 8.42. The molecule has 1 atom stereocenters. The van der Waals surface area contributed by atoms with E-state index in [-0.39, 0.29) is 17.9 Å². The number of aryl methyl sites for hydroxylation is 1. The van der Waals surface area contributed by atoms with Crippen molar-refractivity contribution < 1.29 is 18.3 Å². The maximum atomic E-state index is 13.2. The molecule has 1 aliphatic carbocycles. The summed E-state index contributed by atoms with van der Waals surface area (Å²) in [6, 6.07) is 0. The third-order valence-electron chi connectivity index (χ3n) is 6.11. The first-order chi connectivity index (χ1) is 15.0. The smallest absolute Gasteiger partial charge is 0.375 e. The van der Waals surface area contributed by atoms with Crippen molar-refractivity contribution in [2.45, 2.75) is 57.5 Å². The third kappa shape index (κ3) is 3.72. The molecule has 12 heteroatoms. The van der Waals surface area contributed by atoms with Crippen molar-refractivity contribution in [2.75, 3.05) is 0 Å². The van der Waals surface area contributed by atoms with Crippen LogP contribution in [-0.2, 0) is 25.7 Å². The van der Waals surface area contributed by atoms with E-state index in [0.29, 0.717) is 24.9 Å². The molecule has 0 saturated heterocycles. The lowest BCUT2D eigenvalue weighted by Crippen LogP contribution is -2.41. The van der Waals surface area contributed by atoms with Gasteiger partial charge in [-0.05, 0) is 25.7 Å². The van der Waals surface area contributed by atoms with Crippen LogP contribution in [0.2, 0.25) is 0 Å². The van der Waals surface area contributed by atoms with E-state index in [1.165, 1.54) is 11.6 Å². The highest BCUT2D eigenvalue weighted by Gasteiger charge is 2.52. The highest BCUT2D eigenvalue weighted by atomic mass is 19.4. The van der Waals surface area contributed by atoms with Gasteiger partial charge in [-0.3, -0.25) is 23.9 Å². The minimum atomic E-state index is -4.93. The Labute approximate surface area is 180 Å². The first-order valence-electron chi connectivity index (χ1n) is 10.3. The maximum Gasteiger partial charge on any atom is 0.422 e. The molecular weight excluding hydrogens is 429 g/mol. The molecule has 0 radical (unpaired) electrons. The summed E-state index contributed by atoms with van der Waals surface area (Å²) in [5.41, 5.74) is -4.35. The second kappa shape index (κ2) is 7.84. The normalized spacial score (nSPS) is 17.2. The number of hydrogen-bond acceptors (Lipinski definition) is 6. The molecule has 0 bridgehead atoms. The van der Waals surface area contributed by atoms with Crippen LogP contribution in [0.15, 0.2) is 28.3 Å². The van der Waals surface area contributed by atoms with Crippen molar-refractivity contribution in [3.8, 4) is 0 Å². The van der Waals surface area contributed by atoms with Crippen molar-refractivity contribution in [3.63, 3.8) is 0 Å². The van der Waals surface area contributed by atoms with E-state index in [1.54, 1.807) is 10.9 Å². The molecule has 172 valence electrons. The number of alkyl halides is 3. The van der Waals surface area contributed by atoms with E-state index in [4.69, 9.17) is 0 Å². The first kappa shape index (κ1) is 22.2. The zero-order chi connectivity index (χ0) is 23.3. The number of aromatic nitrogens is 6. The summed E-state index contributed by atoms with van der Waals surface area (Å²) >= 11 is 0. The van der Waals surface area contributed by atoms with Crippen LogP contribution in [0, 0.1) is 5.92 Å². The molecule has 3 aromatic rings. The van der Waals surface area contributed by atoms with Gasteiger partial charge in [0.2, 0.25) is 5.60 Å². The Kier molecular flexibility index (Phi) is 5.43. The molecule has 9 nitrogen and oxygen atoms in total. The summed E-state index contributed by atoms with van der Waals surface area (Å²) in [5, 5.41) is 9.72. The Hall–Kier alpha value is -3.02. The van der Waals surface area contributed by atoms with E-state index in [0.717, 1.165) is 42.6 Å². The molecule has 1 aliphatic rings. The Morgan fingerprint density at radius 2 is 1.81 bits per heavy atom. The number of hydrogen-bond donors (Lipinski definition) is 1. The molecule has 3 aromatic heterocycles. The summed E-state index contributed by atoms with van der Waals surface area (Å²) in [5.74, 6) is 0.442. The molecule has 3 heterocycles. The van der Waals surface area contributed by atoms with Crippen LogP contribution in [0.25, 0.3) is 11.2 Å². The largest absolute Gasteiger partial charge is 0.422 e. The lowest BCUT2D eigenvalue weighted by Gasteiger charge is -2.25. The predicted octanol–water partition coefficient (Wildman–Crippen LogP) is 1.69. The SMILES string of the molecule is Cn1c(=O)n(Cc2cnc(C(C)(O)C(F)(F)F)cn2)c(=O)c2c1ncn2CC1CCCC1. The van der Waals surface area contributed by atoms with Gasteiger partial charge in [0, 0.05) is 13.6 Å². The summed E-state index contributed by atoms with van der Waals surface area (Å²) in [6.45, 7) is 0.929. The molecule has 1 N–H and O–H groups in total. The molecule has 4 rings (SSSR count). The Balaban J connectivity index is 1.70. The maximum absolute atomic E-state index is 13.2. The number of nitrogens with zero attached hydrogens (tertiary/aromatic N) is 6. The predicted molar refractivity (Wildman–Crippen MR) is 108 cm³/mol. The van der Waals surface area contributed by atoms with Crippen molar-refractivity contribution in [2.24, 2.45) is 13.0 Å². The molecule has 0 amide bonds. The lowest BCUT2D eigenvalue weighted by atomic mass is 10.0. The fourth-order valence-electron chi connectivity index (χ4n) is 4.07. The molecule has 1 fully saturated rings. The van der Waals surface area contributed by atoms with E-state index in [2.05, 4.69) is 15.0 Å². The molecule has 0 aromatic carbocycles. The molecule has 0 spiro atoms. The summed E-state index contributed by atoms with van der Waals surface area (Å²) in [7, 11) is 1.50. The molecule has 1 unspecified atom stereocenters. The molecule has 32 heavy (non-hydrogen) atoms. The minimum Gasteiger partial charge on any atom is -0.375 e. The van der Waals surface area contributed by atoms with Gasteiger partial charge >= 0.3 is 11.9 Å². The van der Waals surface area contributed by atoms with Crippen LogP contribution >= 0.6 is 0 Å². The first-order valence-corrected chi connectivity index (χ1v) is 10.3. The van der Waals surface area contributed by atoms with Crippen LogP contribution in [-0.4, -0.2) is 39.9 Å². The van der Waals surface area contributed by atoms with E-state index in [1.807, 2.05) is 0 Å². The van der Waals surface area contributed by atoms with Crippen molar-refractivity contribution >= 4 is 11.2 Å². The van der Waals surface area contributed by atoms with E-state index >= 15 is 0 Å². The number of rotatable bonds is 5. The zero-order valence-corrected chi connectivity index (χ0v) is 17.6. The van der Waals surface area contributed by atoms with Gasteiger partial charge in [-0.1, -0.05) is 12.8 Å². The fourth-order valence-corrected chi connectivity index (χ4v) is 4.07. The van der Waals surface area contributed by atoms with Gasteiger partial charge in [0.15, 0.2) is 11.2 Å². The Morgan fingerprint density at radius 1 is 1.12 bits per heavy atom. The number of fused-ring (bicyclic) bond motifs is 1. The van der Waals surface area contributed by atoms with Crippen molar-refractivity contribution in [1.82, 2.24) is 28.7 Å². The topological polar surface area (TPSA) is 108 Å². The van der Waals surface area contributed by atoms with Crippen LogP contribution in [0.3, 0.4) is 0 Å². The molecule has 1 saturated carbocycles. The van der Waals surface area contributed by atoms with Gasteiger partial charge in [-0.15, -0.1) is 0 Å². The highest BCUT2D eigenvalue weighted by molar-refractivity contribution is 5.70. The van der Waals surface area contributed by atoms with Crippen LogP contribution in [0.1, 0.15) is 44.0 Å². The van der Waals surface area contributed by atoms with Gasteiger partial charge in [0.25, 0.3) is 5.56 Å². The standard InChI is InChI=1S/C20H23F3N6O3/c1-19(32,20(21,22)23)14-8-24-13(7-25-14)10-29-17(30)15-16(27(2)18(29)31)26-11-28(15)9-12-5-3-4-6-12/h7-8,11-12,32H,3-6,9-10H2,1-2H3. The second-order valence-electron chi connectivity index (χ2n) is 8.42. The lowest BCUT2D eigenvalue weighted by molar-refractivity contribution is -0.260. The van der Waals surface area contributed by atoms with Gasteiger partial charge in [-0.25, -0.2) is 9.78 Å². The number of imidazole rings is 1. The Bertz CT molecular complexity index is 1250. The molecule has 0 aliphatic heterocycles. The Morgan fingerprint density at radius 3 is 2.41 bits per heavy atom. The summed E-state index contributed by atoms with van der Waals surface area (Å²) < 4.78 is 43.0. The fraction of sp³-hybridized carbons (Fsp3) is 0.550. The van der Waals surface area contributed by atoms with Crippen LogP contribution in [0.5, 0.6) is 0 Å². The molecular formula is C20H23F3N6O3. The van der Waals surface area contributed by atoms with E-state index < -0.39 is 28.7 Å². The van der Waals surface area contributed by atoms with Gasteiger partial charge in [-0.2, -0.15) is 13.2 Å². The summed E-state index contributed by atoms with van der Waals surface area (Å²) in [4.78, 5) is 37.7. The number of aliphatic hydroxyl groups is 1. The van der Waals surface area contributed by atoms with Gasteiger partial charge < -0.3 is 9.67 Å². The van der Waals surface area contributed by atoms with Crippen LogP contribution in [0.4, 0.5) is 13.2 Å². The average molecular weight is 452 g/mol. The highest BCUT2D eigenvalue weighted by Crippen LogP contribution is 2.37.